The van der Waals surface area contributed by atoms with E-state index in [1.54, 1.807) is 0 Å². The molecule has 0 aliphatic heterocycles. The van der Waals surface area contributed by atoms with E-state index in [1.165, 1.54) is 32.1 Å². The number of unbranched alkanes of at least 4 members (excludes halogenated alkanes) is 8. The molecule has 0 aromatic rings. The van der Waals surface area contributed by atoms with Crippen molar-refractivity contribution in [2.24, 2.45) is 0 Å². The van der Waals surface area contributed by atoms with E-state index < -0.39 is 5.97 Å². The van der Waals surface area contributed by atoms with E-state index in [0.717, 1.165) is 38.5 Å². The van der Waals surface area contributed by atoms with Crippen molar-refractivity contribution in [3.63, 3.8) is 0 Å². The number of hydrogen-bond acceptors (Lipinski definition) is 1. The predicted octanol–water partition coefficient (Wildman–Crippen LogP) is 6.44. The van der Waals surface area contributed by atoms with Crippen LogP contribution in [0.1, 0.15) is 84.0 Å². The van der Waals surface area contributed by atoms with Gasteiger partial charge in [0.1, 0.15) is 0 Å². The minimum Gasteiger partial charge on any atom is -0.481 e. The van der Waals surface area contributed by atoms with Gasteiger partial charge in [0.25, 0.3) is 0 Å². The lowest BCUT2D eigenvalue weighted by molar-refractivity contribution is -0.137. The minimum absolute atomic E-state index is 0.313. The molecule has 2 heteroatoms. The Bertz CT molecular complexity index is 327. The first-order valence-electron chi connectivity index (χ1n) is 8.95. The molecule has 0 unspecified atom stereocenters. The maximum atomic E-state index is 10.3. The first kappa shape index (κ1) is 20.7. The van der Waals surface area contributed by atoms with Crippen LogP contribution in [0.3, 0.4) is 0 Å². The van der Waals surface area contributed by atoms with Gasteiger partial charge in [0.15, 0.2) is 0 Å². The normalized spacial score (nSPS) is 12.0. The molecule has 0 bridgehead atoms. The maximum Gasteiger partial charge on any atom is 0.303 e. The van der Waals surface area contributed by atoms with Crippen molar-refractivity contribution in [2.75, 3.05) is 0 Å². The Morgan fingerprint density at radius 2 is 1.23 bits per heavy atom. The van der Waals surface area contributed by atoms with Gasteiger partial charge in [-0.3, -0.25) is 4.79 Å². The van der Waals surface area contributed by atoms with Crippen molar-refractivity contribution in [2.45, 2.75) is 84.0 Å². The first-order chi connectivity index (χ1) is 10.8. The number of rotatable bonds is 15. The van der Waals surface area contributed by atoms with Crippen LogP contribution >= 0.6 is 0 Å². The molecule has 1 N–H and O–H groups in total. The third-order valence-corrected chi connectivity index (χ3v) is 3.54. The fourth-order valence-electron chi connectivity index (χ4n) is 2.23. The highest BCUT2D eigenvalue weighted by atomic mass is 16.4. The number of carboxylic acids is 1. The molecular formula is C20H34O2. The summed E-state index contributed by atoms with van der Waals surface area (Å²) in [5, 5.41) is 8.52. The van der Waals surface area contributed by atoms with Gasteiger partial charge in [0, 0.05) is 6.42 Å². The molecule has 0 atom stereocenters. The van der Waals surface area contributed by atoms with Crippen LogP contribution in [-0.2, 0) is 4.79 Å². The third kappa shape index (κ3) is 18.7. The van der Waals surface area contributed by atoms with Crippen LogP contribution in [0.4, 0.5) is 0 Å². The molecule has 0 amide bonds. The zero-order valence-electron chi connectivity index (χ0n) is 14.3. The van der Waals surface area contributed by atoms with Crippen molar-refractivity contribution in [3.8, 4) is 0 Å². The average Bonchev–Trinajstić information content (AvgIpc) is 2.50. The molecule has 0 spiro atoms. The standard InChI is InChI=1S/C20H34O2/c1-2-3-4-5-6-7-8-9-10-11-12-13-14-15-16-17-18-19-20(21)22/h3-4,10-13H,2,5-9,14-19H2,1H3,(H,21,22). The van der Waals surface area contributed by atoms with Gasteiger partial charge in [-0.2, -0.15) is 0 Å². The molecule has 0 aliphatic carbocycles. The van der Waals surface area contributed by atoms with Gasteiger partial charge in [-0.1, -0.05) is 62.6 Å². The largest absolute Gasteiger partial charge is 0.481 e. The minimum atomic E-state index is -0.678. The summed E-state index contributed by atoms with van der Waals surface area (Å²) < 4.78 is 0. The molecule has 22 heavy (non-hydrogen) atoms. The van der Waals surface area contributed by atoms with Crippen molar-refractivity contribution in [1.29, 1.82) is 0 Å². The summed E-state index contributed by atoms with van der Waals surface area (Å²) in [6, 6.07) is 0. The van der Waals surface area contributed by atoms with Gasteiger partial charge >= 0.3 is 5.97 Å². The van der Waals surface area contributed by atoms with E-state index in [0.29, 0.717) is 6.42 Å². The lowest BCUT2D eigenvalue weighted by Crippen LogP contribution is -1.93. The number of carboxylic acid groups (broad SMARTS) is 1. The van der Waals surface area contributed by atoms with E-state index >= 15 is 0 Å². The van der Waals surface area contributed by atoms with Crippen LogP contribution in [0.25, 0.3) is 0 Å². The summed E-state index contributed by atoms with van der Waals surface area (Å²) in [6.07, 6.45) is 26.3. The predicted molar refractivity (Wildman–Crippen MR) is 96.1 cm³/mol. The van der Waals surface area contributed by atoms with Gasteiger partial charge < -0.3 is 5.11 Å². The van der Waals surface area contributed by atoms with Crippen LogP contribution in [0, 0.1) is 0 Å². The molecule has 0 saturated heterocycles. The highest BCUT2D eigenvalue weighted by Crippen LogP contribution is 2.07. The third-order valence-electron chi connectivity index (χ3n) is 3.54. The zero-order chi connectivity index (χ0) is 16.3. The first-order valence-corrected chi connectivity index (χ1v) is 8.95. The second-order valence-corrected chi connectivity index (χ2v) is 5.72. The molecule has 0 fully saturated rings. The van der Waals surface area contributed by atoms with E-state index in [-0.39, 0.29) is 0 Å². The summed E-state index contributed by atoms with van der Waals surface area (Å²) in [5.74, 6) is -0.678. The van der Waals surface area contributed by atoms with Gasteiger partial charge in [-0.05, 0) is 51.4 Å². The van der Waals surface area contributed by atoms with Crippen molar-refractivity contribution in [3.05, 3.63) is 36.5 Å². The van der Waals surface area contributed by atoms with Crippen LogP contribution in [-0.4, -0.2) is 11.1 Å². The van der Waals surface area contributed by atoms with Crippen LogP contribution in [0.5, 0.6) is 0 Å². The lowest BCUT2D eigenvalue weighted by atomic mass is 10.1. The smallest absolute Gasteiger partial charge is 0.303 e. The number of carbonyl (C=O) groups is 1. The summed E-state index contributed by atoms with van der Waals surface area (Å²) in [6.45, 7) is 2.17. The topological polar surface area (TPSA) is 37.3 Å². The van der Waals surface area contributed by atoms with E-state index in [2.05, 4.69) is 43.4 Å². The SMILES string of the molecule is CCC=CCCCCCC=CC=CCCCCCCC(=O)O. The summed E-state index contributed by atoms with van der Waals surface area (Å²) in [4.78, 5) is 10.3. The monoisotopic (exact) mass is 306 g/mol. The van der Waals surface area contributed by atoms with E-state index in [4.69, 9.17) is 5.11 Å². The van der Waals surface area contributed by atoms with E-state index in [9.17, 15) is 4.79 Å². The molecule has 0 aromatic carbocycles. The molecule has 0 saturated carbocycles. The second-order valence-electron chi connectivity index (χ2n) is 5.72. The van der Waals surface area contributed by atoms with Gasteiger partial charge in [0.05, 0.1) is 0 Å². The van der Waals surface area contributed by atoms with Crippen LogP contribution in [0.15, 0.2) is 36.5 Å². The molecule has 0 aromatic heterocycles. The highest BCUT2D eigenvalue weighted by Gasteiger charge is 1.95. The van der Waals surface area contributed by atoms with Crippen LogP contribution < -0.4 is 0 Å². The Kier molecular flexibility index (Phi) is 16.7. The van der Waals surface area contributed by atoms with Crippen molar-refractivity contribution in [1.82, 2.24) is 0 Å². The number of allylic oxidation sites excluding steroid dienone is 6. The fourth-order valence-corrected chi connectivity index (χ4v) is 2.23. The van der Waals surface area contributed by atoms with Crippen molar-refractivity contribution >= 4 is 5.97 Å². The van der Waals surface area contributed by atoms with Crippen molar-refractivity contribution < 1.29 is 9.90 Å². The van der Waals surface area contributed by atoms with Gasteiger partial charge in [0.2, 0.25) is 0 Å². The van der Waals surface area contributed by atoms with Gasteiger partial charge in [-0.25, -0.2) is 0 Å². The molecule has 0 aliphatic rings. The molecule has 0 rings (SSSR count). The molecule has 0 heterocycles. The summed E-state index contributed by atoms with van der Waals surface area (Å²) >= 11 is 0. The number of hydrogen-bond donors (Lipinski definition) is 1. The lowest BCUT2D eigenvalue weighted by Gasteiger charge is -1.96. The molecule has 126 valence electrons. The number of aliphatic carboxylic acids is 1. The quantitative estimate of drug-likeness (QED) is 0.215. The Balaban J connectivity index is 3.24. The highest BCUT2D eigenvalue weighted by molar-refractivity contribution is 5.66. The Morgan fingerprint density at radius 1 is 0.727 bits per heavy atom. The summed E-state index contributed by atoms with van der Waals surface area (Å²) in [7, 11) is 0. The molecule has 0 radical (unpaired) electrons. The average molecular weight is 306 g/mol. The fraction of sp³-hybridized carbons (Fsp3) is 0.650. The summed E-state index contributed by atoms with van der Waals surface area (Å²) in [5.41, 5.74) is 0. The van der Waals surface area contributed by atoms with Crippen LogP contribution in [0.2, 0.25) is 0 Å². The molecular weight excluding hydrogens is 272 g/mol. The maximum absolute atomic E-state index is 10.3. The van der Waals surface area contributed by atoms with Gasteiger partial charge in [-0.15, -0.1) is 0 Å². The Hall–Kier alpha value is -1.31. The zero-order valence-corrected chi connectivity index (χ0v) is 14.3. The van der Waals surface area contributed by atoms with E-state index in [1.807, 2.05) is 0 Å². The Labute approximate surface area is 137 Å². The molecule has 2 nitrogen and oxygen atoms in total. The second kappa shape index (κ2) is 17.7. The Morgan fingerprint density at radius 3 is 1.77 bits per heavy atom.